The standard InChI is InChI=1S/C19H15NO.C2H4/c1-3-14-12(2)20-19-15(14)10-11-18-16(19)9-8-13-6-4-5-7-17(13)21-18;1-2/h3-11,20H,1H2,2H3;1-2H2. The molecule has 2 nitrogen and oxygen atoms in total. The molecule has 4 rings (SSSR count). The third-order valence-corrected chi connectivity index (χ3v) is 3.98. The quantitative estimate of drug-likeness (QED) is 0.416. The molecular formula is C21H19NO. The Morgan fingerprint density at radius 3 is 2.57 bits per heavy atom. The van der Waals surface area contributed by atoms with E-state index in [1.165, 1.54) is 5.39 Å². The Balaban J connectivity index is 0.000000753. The van der Waals surface area contributed by atoms with Crippen molar-refractivity contribution in [3.8, 4) is 11.5 Å². The first-order valence-corrected chi connectivity index (χ1v) is 7.50. The van der Waals surface area contributed by atoms with Crippen LogP contribution in [0, 0.1) is 6.92 Å². The number of ether oxygens (including phenoxy) is 1. The Labute approximate surface area is 136 Å². The maximum Gasteiger partial charge on any atom is 0.136 e. The number of benzene rings is 2. The van der Waals surface area contributed by atoms with Crippen LogP contribution in [-0.2, 0) is 0 Å². The lowest BCUT2D eigenvalue weighted by Crippen LogP contribution is -1.88. The van der Waals surface area contributed by atoms with E-state index in [-0.39, 0.29) is 0 Å². The fourth-order valence-corrected chi connectivity index (χ4v) is 2.94. The SMILES string of the molecule is C=C.C=Cc1c(C)[nH]c2c3c(ccc12)Oc1ccccc1C=C3. The van der Waals surface area contributed by atoms with Gasteiger partial charge in [-0.25, -0.2) is 0 Å². The summed E-state index contributed by atoms with van der Waals surface area (Å²) in [6.07, 6.45) is 6.12. The highest BCUT2D eigenvalue weighted by Gasteiger charge is 2.16. The van der Waals surface area contributed by atoms with Gasteiger partial charge in [0.1, 0.15) is 11.5 Å². The van der Waals surface area contributed by atoms with Gasteiger partial charge >= 0.3 is 0 Å². The summed E-state index contributed by atoms with van der Waals surface area (Å²) in [6.45, 7) is 12.0. The van der Waals surface area contributed by atoms with Crippen molar-refractivity contribution in [1.82, 2.24) is 4.98 Å². The number of H-pyrrole nitrogens is 1. The van der Waals surface area contributed by atoms with Crippen LogP contribution in [0.1, 0.15) is 22.4 Å². The van der Waals surface area contributed by atoms with Crippen LogP contribution in [-0.4, -0.2) is 4.98 Å². The molecule has 3 aromatic rings. The summed E-state index contributed by atoms with van der Waals surface area (Å²) in [7, 11) is 0. The molecule has 2 heteroatoms. The molecule has 1 N–H and O–H groups in total. The van der Waals surface area contributed by atoms with E-state index in [9.17, 15) is 0 Å². The third-order valence-electron chi connectivity index (χ3n) is 3.98. The second-order valence-corrected chi connectivity index (χ2v) is 5.24. The van der Waals surface area contributed by atoms with E-state index in [2.05, 4.69) is 55.9 Å². The first kappa shape index (κ1) is 14.9. The first-order chi connectivity index (χ1) is 11.3. The number of aromatic amines is 1. The van der Waals surface area contributed by atoms with Gasteiger partial charge in [0, 0.05) is 27.8 Å². The van der Waals surface area contributed by atoms with Gasteiger partial charge in [0.15, 0.2) is 0 Å². The summed E-state index contributed by atoms with van der Waals surface area (Å²) in [5.41, 5.74) is 5.56. The van der Waals surface area contributed by atoms with Crippen LogP contribution in [0.25, 0.3) is 29.1 Å². The molecule has 1 aliphatic heterocycles. The lowest BCUT2D eigenvalue weighted by Gasteiger charge is -2.09. The molecule has 0 amide bonds. The third kappa shape index (κ3) is 2.38. The Morgan fingerprint density at radius 2 is 1.78 bits per heavy atom. The van der Waals surface area contributed by atoms with Gasteiger partial charge in [-0.2, -0.15) is 0 Å². The number of hydrogen-bond donors (Lipinski definition) is 1. The van der Waals surface area contributed by atoms with Crippen LogP contribution in [0.4, 0.5) is 0 Å². The van der Waals surface area contributed by atoms with Crippen molar-refractivity contribution in [3.05, 3.63) is 78.5 Å². The smallest absolute Gasteiger partial charge is 0.136 e. The molecule has 114 valence electrons. The number of para-hydroxylation sites is 1. The van der Waals surface area contributed by atoms with Crippen LogP contribution in [0.2, 0.25) is 0 Å². The summed E-state index contributed by atoms with van der Waals surface area (Å²) in [4.78, 5) is 3.46. The van der Waals surface area contributed by atoms with Gasteiger partial charge in [-0.05, 0) is 31.2 Å². The lowest BCUT2D eigenvalue weighted by molar-refractivity contribution is 0.482. The minimum Gasteiger partial charge on any atom is -0.456 e. The van der Waals surface area contributed by atoms with Gasteiger partial charge < -0.3 is 9.72 Å². The van der Waals surface area contributed by atoms with Crippen LogP contribution in [0.3, 0.4) is 0 Å². The normalized spacial score (nSPS) is 11.5. The summed E-state index contributed by atoms with van der Waals surface area (Å²) < 4.78 is 6.08. The zero-order chi connectivity index (χ0) is 16.4. The van der Waals surface area contributed by atoms with E-state index in [4.69, 9.17) is 4.74 Å². The molecule has 0 saturated carbocycles. The van der Waals surface area contributed by atoms with E-state index in [0.29, 0.717) is 0 Å². The molecule has 1 aromatic heterocycles. The van der Waals surface area contributed by atoms with Gasteiger partial charge in [0.2, 0.25) is 0 Å². The Bertz CT molecular complexity index is 915. The second kappa shape index (κ2) is 6.01. The van der Waals surface area contributed by atoms with E-state index < -0.39 is 0 Å². The lowest BCUT2D eigenvalue weighted by atomic mass is 10.1. The topological polar surface area (TPSA) is 25.0 Å². The van der Waals surface area contributed by atoms with Crippen molar-refractivity contribution in [2.45, 2.75) is 6.92 Å². The van der Waals surface area contributed by atoms with E-state index in [1.54, 1.807) is 0 Å². The van der Waals surface area contributed by atoms with E-state index in [0.717, 1.165) is 39.4 Å². The summed E-state index contributed by atoms with van der Waals surface area (Å²) >= 11 is 0. The van der Waals surface area contributed by atoms with Crippen molar-refractivity contribution in [2.75, 3.05) is 0 Å². The molecular weight excluding hydrogens is 282 g/mol. The summed E-state index contributed by atoms with van der Waals surface area (Å²) in [5.74, 6) is 1.76. The van der Waals surface area contributed by atoms with Crippen molar-refractivity contribution >= 4 is 29.1 Å². The van der Waals surface area contributed by atoms with Gasteiger partial charge in [-0.3, -0.25) is 0 Å². The molecule has 0 aliphatic carbocycles. The van der Waals surface area contributed by atoms with Gasteiger partial charge in [0.25, 0.3) is 0 Å². The van der Waals surface area contributed by atoms with Gasteiger partial charge in [0.05, 0.1) is 5.52 Å². The highest BCUT2D eigenvalue weighted by molar-refractivity contribution is 5.99. The van der Waals surface area contributed by atoms with Crippen molar-refractivity contribution in [3.63, 3.8) is 0 Å². The number of nitrogens with one attached hydrogen (secondary N) is 1. The average Bonchev–Trinajstić information content (AvgIpc) is 2.79. The second-order valence-electron chi connectivity index (χ2n) is 5.24. The van der Waals surface area contributed by atoms with E-state index in [1.807, 2.05) is 30.3 Å². The fourth-order valence-electron chi connectivity index (χ4n) is 2.94. The van der Waals surface area contributed by atoms with Crippen molar-refractivity contribution in [1.29, 1.82) is 0 Å². The molecule has 0 unspecified atom stereocenters. The molecule has 23 heavy (non-hydrogen) atoms. The van der Waals surface area contributed by atoms with Crippen molar-refractivity contribution in [2.24, 2.45) is 0 Å². The molecule has 2 aromatic carbocycles. The van der Waals surface area contributed by atoms with Gasteiger partial charge in [-0.15, -0.1) is 13.2 Å². The van der Waals surface area contributed by atoms with Crippen LogP contribution in [0.5, 0.6) is 11.5 Å². The highest BCUT2D eigenvalue weighted by atomic mass is 16.5. The number of rotatable bonds is 1. The molecule has 1 aliphatic rings. The zero-order valence-electron chi connectivity index (χ0n) is 13.2. The monoisotopic (exact) mass is 301 g/mol. The number of fused-ring (bicyclic) bond motifs is 4. The minimum absolute atomic E-state index is 0.876. The average molecular weight is 301 g/mol. The maximum absolute atomic E-state index is 6.08. The maximum atomic E-state index is 6.08. The van der Waals surface area contributed by atoms with Crippen LogP contribution in [0.15, 0.2) is 56.1 Å². The molecule has 0 bridgehead atoms. The number of aryl methyl sites for hydroxylation is 1. The largest absolute Gasteiger partial charge is 0.456 e. The molecule has 0 radical (unpaired) electrons. The van der Waals surface area contributed by atoms with Crippen molar-refractivity contribution < 1.29 is 4.74 Å². The number of hydrogen-bond acceptors (Lipinski definition) is 1. The van der Waals surface area contributed by atoms with Gasteiger partial charge in [-0.1, -0.05) is 36.9 Å². The Hall–Kier alpha value is -3.00. The summed E-state index contributed by atoms with van der Waals surface area (Å²) in [5, 5.41) is 1.18. The van der Waals surface area contributed by atoms with E-state index >= 15 is 0 Å². The predicted octanol–water partition coefficient (Wildman–Crippen LogP) is 6.20. The molecule has 0 fully saturated rings. The molecule has 0 atom stereocenters. The number of aromatic nitrogens is 1. The molecule has 2 heterocycles. The molecule has 0 saturated heterocycles. The fraction of sp³-hybridized carbons (Fsp3) is 0.0476. The highest BCUT2D eigenvalue weighted by Crippen LogP contribution is 2.38. The summed E-state index contributed by atoms with van der Waals surface area (Å²) in [6, 6.07) is 12.2. The predicted molar refractivity (Wildman–Crippen MR) is 99.8 cm³/mol. The molecule has 0 spiro atoms. The van der Waals surface area contributed by atoms with Crippen LogP contribution < -0.4 is 4.74 Å². The zero-order valence-corrected chi connectivity index (χ0v) is 13.2. The Kier molecular flexibility index (Phi) is 3.90. The Morgan fingerprint density at radius 1 is 1.00 bits per heavy atom. The minimum atomic E-state index is 0.876. The van der Waals surface area contributed by atoms with Crippen LogP contribution >= 0.6 is 0 Å². The first-order valence-electron chi connectivity index (χ1n) is 7.50.